The number of hydrogen-bond acceptors (Lipinski definition) is 4. The molecule has 0 spiro atoms. The molecule has 3 rings (SSSR count). The van der Waals surface area contributed by atoms with E-state index in [1.165, 1.54) is 4.90 Å². The smallest absolute Gasteiger partial charge is 0.281 e. The molecule has 140 valence electrons. The largest absolute Gasteiger partial charge is 0.496 e. The van der Waals surface area contributed by atoms with E-state index < -0.39 is 0 Å². The second-order valence-electron chi connectivity index (χ2n) is 5.76. The van der Waals surface area contributed by atoms with Crippen molar-refractivity contribution in [2.24, 2.45) is 0 Å². The summed E-state index contributed by atoms with van der Waals surface area (Å²) in [7, 11) is 1.60. The zero-order valence-electron chi connectivity index (χ0n) is 15.0. The van der Waals surface area contributed by atoms with Crippen molar-refractivity contribution in [2.75, 3.05) is 18.6 Å². The van der Waals surface area contributed by atoms with Crippen molar-refractivity contribution < 1.29 is 14.3 Å². The van der Waals surface area contributed by atoms with Crippen LogP contribution in [-0.4, -0.2) is 24.7 Å². The zero-order valence-corrected chi connectivity index (χ0v) is 16.6. The highest BCUT2D eigenvalue weighted by Gasteiger charge is 2.31. The molecule has 1 amide bonds. The third-order valence-corrected chi connectivity index (χ3v) is 4.62. The topological polar surface area (TPSA) is 50.8 Å². The Kier molecular flexibility index (Phi) is 5.98. The molecule has 0 saturated carbocycles. The first-order chi connectivity index (χ1) is 13.1. The van der Waals surface area contributed by atoms with Gasteiger partial charge >= 0.3 is 0 Å². The van der Waals surface area contributed by atoms with Gasteiger partial charge in [-0.3, -0.25) is 9.69 Å². The van der Waals surface area contributed by atoms with Crippen LogP contribution in [0.3, 0.4) is 0 Å². The van der Waals surface area contributed by atoms with E-state index in [9.17, 15) is 4.79 Å². The minimum Gasteiger partial charge on any atom is -0.496 e. The van der Waals surface area contributed by atoms with Crippen LogP contribution in [0, 0.1) is 0 Å². The Labute approximate surface area is 168 Å². The van der Waals surface area contributed by atoms with E-state index in [2.05, 4.69) is 5.32 Å². The standard InChI is InChI=1S/C20H19ClN2O3S/c1-3-26-16-7-5-15(6-8-16)23-19(24)17(22-20(23)27)11-13-4-9-18(25-2)14(10-13)12-21/h4-11H,3,12H2,1-2H3,(H,22,27)/b17-11+. The number of benzene rings is 2. The number of carbonyl (C=O) groups excluding carboxylic acids is 1. The molecule has 0 bridgehead atoms. The van der Waals surface area contributed by atoms with Gasteiger partial charge in [-0.25, -0.2) is 0 Å². The molecule has 0 unspecified atom stereocenters. The van der Waals surface area contributed by atoms with Gasteiger partial charge in [0.25, 0.3) is 5.91 Å². The van der Waals surface area contributed by atoms with Crippen molar-refractivity contribution >= 4 is 46.6 Å². The summed E-state index contributed by atoms with van der Waals surface area (Å²) in [5.41, 5.74) is 2.77. The lowest BCUT2D eigenvalue weighted by molar-refractivity contribution is -0.113. The first-order valence-electron chi connectivity index (χ1n) is 8.40. The minimum absolute atomic E-state index is 0.215. The van der Waals surface area contributed by atoms with Gasteiger partial charge in [-0.05, 0) is 67.2 Å². The van der Waals surface area contributed by atoms with E-state index in [1.54, 1.807) is 25.3 Å². The van der Waals surface area contributed by atoms with Crippen LogP contribution in [0.5, 0.6) is 11.5 Å². The maximum absolute atomic E-state index is 12.8. The maximum Gasteiger partial charge on any atom is 0.281 e. The summed E-state index contributed by atoms with van der Waals surface area (Å²) in [4.78, 5) is 14.3. The number of rotatable bonds is 6. The van der Waals surface area contributed by atoms with Crippen LogP contribution < -0.4 is 19.7 Å². The Morgan fingerprint density at radius 2 is 1.96 bits per heavy atom. The van der Waals surface area contributed by atoms with E-state index in [0.29, 0.717) is 34.7 Å². The molecule has 1 saturated heterocycles. The maximum atomic E-state index is 12.8. The highest BCUT2D eigenvalue weighted by Crippen LogP contribution is 2.26. The van der Waals surface area contributed by atoms with Gasteiger partial charge in [0.1, 0.15) is 17.2 Å². The van der Waals surface area contributed by atoms with Gasteiger partial charge in [0.05, 0.1) is 25.3 Å². The molecule has 0 aliphatic carbocycles. The van der Waals surface area contributed by atoms with Crippen molar-refractivity contribution in [3.63, 3.8) is 0 Å². The molecule has 1 heterocycles. The van der Waals surface area contributed by atoms with Crippen LogP contribution in [0.25, 0.3) is 6.08 Å². The first kappa shape index (κ1) is 19.2. The lowest BCUT2D eigenvalue weighted by Crippen LogP contribution is -2.30. The average molecular weight is 403 g/mol. The van der Waals surface area contributed by atoms with Gasteiger partial charge in [-0.2, -0.15) is 0 Å². The quantitative estimate of drug-likeness (QED) is 0.448. The Morgan fingerprint density at radius 3 is 2.59 bits per heavy atom. The summed E-state index contributed by atoms with van der Waals surface area (Å²) in [5, 5.41) is 3.31. The number of alkyl halides is 1. The average Bonchev–Trinajstić information content (AvgIpc) is 2.96. The lowest BCUT2D eigenvalue weighted by Gasteiger charge is -2.14. The Balaban J connectivity index is 1.86. The number of hydrogen-bond donors (Lipinski definition) is 1. The Hall–Kier alpha value is -2.57. The number of carbonyl (C=O) groups is 1. The van der Waals surface area contributed by atoms with Crippen LogP contribution in [-0.2, 0) is 10.7 Å². The molecule has 1 aliphatic heterocycles. The van der Waals surface area contributed by atoms with Crippen LogP contribution in [0.1, 0.15) is 18.1 Å². The van der Waals surface area contributed by atoms with Crippen molar-refractivity contribution in [1.82, 2.24) is 5.32 Å². The molecule has 27 heavy (non-hydrogen) atoms. The number of ether oxygens (including phenoxy) is 2. The van der Waals surface area contributed by atoms with Gasteiger partial charge in [0.15, 0.2) is 5.11 Å². The van der Waals surface area contributed by atoms with Crippen molar-refractivity contribution in [2.45, 2.75) is 12.8 Å². The molecular weight excluding hydrogens is 384 g/mol. The van der Waals surface area contributed by atoms with Crippen molar-refractivity contribution in [3.8, 4) is 11.5 Å². The summed E-state index contributed by atoms with van der Waals surface area (Å²) in [5.74, 6) is 1.56. The number of thiocarbonyl (C=S) groups is 1. The molecule has 5 nitrogen and oxygen atoms in total. The normalized spacial score (nSPS) is 15.2. The van der Waals surface area contributed by atoms with Gasteiger partial charge in [0.2, 0.25) is 0 Å². The molecule has 1 aliphatic rings. The van der Waals surface area contributed by atoms with E-state index in [1.807, 2.05) is 37.3 Å². The molecule has 7 heteroatoms. The van der Waals surface area contributed by atoms with E-state index in [-0.39, 0.29) is 5.91 Å². The van der Waals surface area contributed by atoms with Gasteiger partial charge < -0.3 is 14.8 Å². The summed E-state index contributed by atoms with van der Waals surface area (Å²) in [6, 6.07) is 12.8. The SMILES string of the molecule is CCOc1ccc(N2C(=O)/C(=C\c3ccc(OC)c(CCl)c3)NC2=S)cc1. The number of halogens is 1. The predicted octanol–water partition coefficient (Wildman–Crippen LogP) is 4.09. The number of nitrogens with zero attached hydrogens (tertiary/aromatic N) is 1. The van der Waals surface area contributed by atoms with E-state index >= 15 is 0 Å². The third kappa shape index (κ3) is 4.07. The van der Waals surface area contributed by atoms with Crippen LogP contribution >= 0.6 is 23.8 Å². The fourth-order valence-corrected chi connectivity index (χ4v) is 3.29. The number of amides is 1. The zero-order chi connectivity index (χ0) is 19.4. The summed E-state index contributed by atoms with van der Waals surface area (Å²) in [6.07, 6.45) is 1.75. The molecule has 2 aromatic carbocycles. The monoisotopic (exact) mass is 402 g/mol. The second kappa shape index (κ2) is 8.41. The van der Waals surface area contributed by atoms with Crippen LogP contribution in [0.15, 0.2) is 48.2 Å². The Bertz CT molecular complexity index is 897. The summed E-state index contributed by atoms with van der Waals surface area (Å²) < 4.78 is 10.7. The number of anilines is 1. The first-order valence-corrected chi connectivity index (χ1v) is 9.34. The predicted molar refractivity (Wildman–Crippen MR) is 111 cm³/mol. The molecule has 1 fully saturated rings. The summed E-state index contributed by atoms with van der Waals surface area (Å²) >= 11 is 11.3. The van der Waals surface area contributed by atoms with Crippen LogP contribution in [0.4, 0.5) is 5.69 Å². The van der Waals surface area contributed by atoms with Gasteiger partial charge in [0, 0.05) is 5.56 Å². The van der Waals surface area contributed by atoms with Crippen molar-refractivity contribution in [3.05, 3.63) is 59.3 Å². The summed E-state index contributed by atoms with van der Waals surface area (Å²) in [6.45, 7) is 2.50. The number of methoxy groups -OCH3 is 1. The third-order valence-electron chi connectivity index (χ3n) is 4.04. The van der Waals surface area contributed by atoms with E-state index in [4.69, 9.17) is 33.3 Å². The van der Waals surface area contributed by atoms with Gasteiger partial charge in [-0.1, -0.05) is 6.07 Å². The highest BCUT2D eigenvalue weighted by atomic mass is 35.5. The molecule has 1 N–H and O–H groups in total. The lowest BCUT2D eigenvalue weighted by atomic mass is 10.1. The molecule has 2 aromatic rings. The minimum atomic E-state index is -0.215. The van der Waals surface area contributed by atoms with Gasteiger partial charge in [-0.15, -0.1) is 11.6 Å². The van der Waals surface area contributed by atoms with Crippen LogP contribution in [0.2, 0.25) is 0 Å². The molecule has 0 radical (unpaired) electrons. The van der Waals surface area contributed by atoms with Crippen molar-refractivity contribution in [1.29, 1.82) is 0 Å². The molecule has 0 aromatic heterocycles. The fourth-order valence-electron chi connectivity index (χ4n) is 2.79. The fraction of sp³-hybridized carbons (Fsp3) is 0.200. The molecule has 0 atom stereocenters. The second-order valence-corrected chi connectivity index (χ2v) is 6.41. The highest BCUT2D eigenvalue weighted by molar-refractivity contribution is 7.80. The molecular formula is C20H19ClN2O3S. The number of nitrogens with one attached hydrogen (secondary N) is 1. The Morgan fingerprint density at radius 1 is 1.22 bits per heavy atom. The van der Waals surface area contributed by atoms with E-state index in [0.717, 1.165) is 16.9 Å².